The maximum absolute atomic E-state index is 13.4. The van der Waals surface area contributed by atoms with Crippen LogP contribution in [0, 0.1) is 19.7 Å². The highest BCUT2D eigenvalue weighted by Crippen LogP contribution is 2.27. The van der Waals surface area contributed by atoms with Crippen LogP contribution < -0.4 is 5.32 Å². The normalized spacial score (nSPS) is 12.7. The Morgan fingerprint density at radius 3 is 2.10 bits per heavy atom. The average molecular weight is 279 g/mol. The summed E-state index contributed by atoms with van der Waals surface area (Å²) < 4.78 is 13.4. The molecule has 1 aromatic rings. The molecule has 0 saturated carbocycles. The Morgan fingerprint density at radius 1 is 1.00 bits per heavy atom. The van der Waals surface area contributed by atoms with Gasteiger partial charge in [0.1, 0.15) is 5.82 Å². The quantitative estimate of drug-likeness (QED) is 0.592. The van der Waals surface area contributed by atoms with Crippen LogP contribution in [0.15, 0.2) is 12.1 Å². The number of nitrogens with one attached hydrogen (secondary N) is 1. The van der Waals surface area contributed by atoms with Crippen molar-refractivity contribution in [1.29, 1.82) is 0 Å². The Kier molecular flexibility index (Phi) is 7.83. The maximum atomic E-state index is 13.4. The number of aryl methyl sites for hydroxylation is 2. The second kappa shape index (κ2) is 9.12. The van der Waals surface area contributed by atoms with E-state index in [4.69, 9.17) is 0 Å². The van der Waals surface area contributed by atoms with Crippen LogP contribution in [-0.4, -0.2) is 7.05 Å². The van der Waals surface area contributed by atoms with Gasteiger partial charge in [-0.1, -0.05) is 45.4 Å². The first-order chi connectivity index (χ1) is 9.60. The summed E-state index contributed by atoms with van der Waals surface area (Å²) in [5.41, 5.74) is 3.41. The van der Waals surface area contributed by atoms with Crippen molar-refractivity contribution >= 4 is 0 Å². The molecule has 2 heteroatoms. The van der Waals surface area contributed by atoms with Crippen molar-refractivity contribution < 1.29 is 4.39 Å². The van der Waals surface area contributed by atoms with Crippen LogP contribution in [0.3, 0.4) is 0 Å². The molecule has 1 N–H and O–H groups in total. The zero-order valence-electron chi connectivity index (χ0n) is 13.6. The fourth-order valence-electron chi connectivity index (χ4n) is 3.03. The molecule has 0 aliphatic heterocycles. The van der Waals surface area contributed by atoms with Crippen molar-refractivity contribution in [2.75, 3.05) is 7.05 Å². The van der Waals surface area contributed by atoms with E-state index in [1.165, 1.54) is 44.1 Å². The molecule has 1 aromatic carbocycles. The molecule has 0 fully saturated rings. The predicted molar refractivity (Wildman–Crippen MR) is 85.7 cm³/mol. The second-order valence-corrected chi connectivity index (χ2v) is 5.85. The van der Waals surface area contributed by atoms with Crippen molar-refractivity contribution in [3.05, 3.63) is 34.6 Å². The lowest BCUT2D eigenvalue weighted by atomic mass is 9.92. The second-order valence-electron chi connectivity index (χ2n) is 5.85. The molecule has 1 atom stereocenters. The lowest BCUT2D eigenvalue weighted by Gasteiger charge is -2.21. The van der Waals surface area contributed by atoms with Gasteiger partial charge in [0.25, 0.3) is 0 Å². The third-order valence-corrected chi connectivity index (χ3v) is 4.10. The molecule has 20 heavy (non-hydrogen) atoms. The highest BCUT2D eigenvalue weighted by molar-refractivity contribution is 5.36. The summed E-state index contributed by atoms with van der Waals surface area (Å²) >= 11 is 0. The van der Waals surface area contributed by atoms with Gasteiger partial charge in [-0.25, -0.2) is 4.39 Å². The van der Waals surface area contributed by atoms with Gasteiger partial charge in [-0.3, -0.25) is 0 Å². The fourth-order valence-corrected chi connectivity index (χ4v) is 3.03. The lowest BCUT2D eigenvalue weighted by molar-refractivity contribution is 0.493. The monoisotopic (exact) mass is 279 g/mol. The molecule has 1 nitrogen and oxygen atoms in total. The molecule has 0 bridgehead atoms. The van der Waals surface area contributed by atoms with Crippen LogP contribution >= 0.6 is 0 Å². The summed E-state index contributed by atoms with van der Waals surface area (Å²) in [6, 6.07) is 3.64. The molecule has 0 amide bonds. The molecule has 0 aromatic heterocycles. The standard InChI is InChI=1S/C18H30FN/c1-5-6-7-8-9-10-11-17(20-4)18-14(2)12-16(19)13-15(18)3/h12-13,17,20H,5-11H2,1-4H3. The van der Waals surface area contributed by atoms with Gasteiger partial charge in [-0.15, -0.1) is 0 Å². The molecule has 0 radical (unpaired) electrons. The molecular formula is C18H30FN. The van der Waals surface area contributed by atoms with Gasteiger partial charge in [0.2, 0.25) is 0 Å². The van der Waals surface area contributed by atoms with Crippen molar-refractivity contribution in [2.24, 2.45) is 0 Å². The first kappa shape index (κ1) is 17.2. The minimum absolute atomic E-state index is 0.127. The lowest BCUT2D eigenvalue weighted by Crippen LogP contribution is -2.18. The molecule has 1 unspecified atom stereocenters. The van der Waals surface area contributed by atoms with Gasteiger partial charge in [0, 0.05) is 6.04 Å². The summed E-state index contributed by atoms with van der Waals surface area (Å²) in [6.07, 6.45) is 9.03. The number of unbranched alkanes of at least 4 members (excludes halogenated alkanes) is 5. The fraction of sp³-hybridized carbons (Fsp3) is 0.667. The SMILES string of the molecule is CCCCCCCCC(NC)c1c(C)cc(F)cc1C. The summed E-state index contributed by atoms with van der Waals surface area (Å²) in [6.45, 7) is 6.27. The summed E-state index contributed by atoms with van der Waals surface area (Å²) in [7, 11) is 2.00. The third kappa shape index (κ3) is 5.24. The van der Waals surface area contributed by atoms with E-state index in [1.54, 1.807) is 12.1 Å². The third-order valence-electron chi connectivity index (χ3n) is 4.10. The Hall–Kier alpha value is -0.890. The molecule has 1 rings (SSSR count). The number of hydrogen-bond donors (Lipinski definition) is 1. The maximum Gasteiger partial charge on any atom is 0.123 e. The Bertz CT molecular complexity index is 377. The topological polar surface area (TPSA) is 12.0 Å². The van der Waals surface area contributed by atoms with Crippen LogP contribution in [0.5, 0.6) is 0 Å². The number of halogens is 1. The molecule has 114 valence electrons. The van der Waals surface area contributed by atoms with Gasteiger partial charge in [-0.05, 0) is 56.1 Å². The van der Waals surface area contributed by atoms with E-state index >= 15 is 0 Å². The number of benzene rings is 1. The van der Waals surface area contributed by atoms with Gasteiger partial charge < -0.3 is 5.32 Å². The Balaban J connectivity index is 2.54. The summed E-state index contributed by atoms with van der Waals surface area (Å²) in [5.74, 6) is -0.127. The number of rotatable bonds is 9. The van der Waals surface area contributed by atoms with Crippen LogP contribution in [0.1, 0.15) is 74.6 Å². The van der Waals surface area contributed by atoms with Crippen LogP contribution in [-0.2, 0) is 0 Å². The smallest absolute Gasteiger partial charge is 0.123 e. The van der Waals surface area contributed by atoms with E-state index in [2.05, 4.69) is 12.2 Å². The van der Waals surface area contributed by atoms with Crippen molar-refractivity contribution in [1.82, 2.24) is 5.32 Å². The Labute approximate surface area is 124 Å². The van der Waals surface area contributed by atoms with Crippen LogP contribution in [0.25, 0.3) is 0 Å². The zero-order valence-corrected chi connectivity index (χ0v) is 13.6. The predicted octanol–water partition coefficient (Wildman–Crippen LogP) is 5.45. The highest BCUT2D eigenvalue weighted by atomic mass is 19.1. The minimum atomic E-state index is -0.127. The van der Waals surface area contributed by atoms with Gasteiger partial charge in [0.15, 0.2) is 0 Å². The van der Waals surface area contributed by atoms with Crippen molar-refractivity contribution in [2.45, 2.75) is 71.8 Å². The van der Waals surface area contributed by atoms with E-state index in [0.717, 1.165) is 17.5 Å². The molecule has 0 aliphatic rings. The van der Waals surface area contributed by atoms with Crippen LogP contribution in [0.2, 0.25) is 0 Å². The number of hydrogen-bond acceptors (Lipinski definition) is 1. The highest BCUT2D eigenvalue weighted by Gasteiger charge is 2.15. The average Bonchev–Trinajstić information content (AvgIpc) is 2.39. The van der Waals surface area contributed by atoms with Crippen molar-refractivity contribution in [3.8, 4) is 0 Å². The van der Waals surface area contributed by atoms with E-state index in [1.807, 2.05) is 20.9 Å². The molecule has 0 heterocycles. The van der Waals surface area contributed by atoms with Gasteiger partial charge >= 0.3 is 0 Å². The van der Waals surface area contributed by atoms with E-state index < -0.39 is 0 Å². The van der Waals surface area contributed by atoms with Crippen LogP contribution in [0.4, 0.5) is 4.39 Å². The first-order valence-corrected chi connectivity index (χ1v) is 8.04. The van der Waals surface area contributed by atoms with Gasteiger partial charge in [-0.2, -0.15) is 0 Å². The minimum Gasteiger partial charge on any atom is -0.313 e. The van der Waals surface area contributed by atoms with Gasteiger partial charge in [0.05, 0.1) is 0 Å². The van der Waals surface area contributed by atoms with E-state index in [0.29, 0.717) is 6.04 Å². The van der Waals surface area contributed by atoms with E-state index in [9.17, 15) is 4.39 Å². The van der Waals surface area contributed by atoms with E-state index in [-0.39, 0.29) is 5.82 Å². The van der Waals surface area contributed by atoms with Crippen molar-refractivity contribution in [3.63, 3.8) is 0 Å². The first-order valence-electron chi connectivity index (χ1n) is 8.04. The summed E-state index contributed by atoms with van der Waals surface area (Å²) in [5, 5.41) is 3.40. The molecular weight excluding hydrogens is 249 g/mol. The molecule has 0 saturated heterocycles. The Morgan fingerprint density at radius 2 is 1.55 bits per heavy atom. The summed E-state index contributed by atoms with van der Waals surface area (Å²) in [4.78, 5) is 0. The largest absolute Gasteiger partial charge is 0.313 e. The molecule has 0 spiro atoms. The molecule has 0 aliphatic carbocycles. The zero-order chi connectivity index (χ0) is 15.0.